The fourth-order valence-corrected chi connectivity index (χ4v) is 9.11. The number of aromatic hydroxyl groups is 1. The Morgan fingerprint density at radius 3 is 1.89 bits per heavy atom. The molecule has 0 amide bonds. The number of fused-ring (bicyclic) bond motifs is 1. The molecule has 0 atom stereocenters. The van der Waals surface area contributed by atoms with Crippen molar-refractivity contribution in [2.45, 2.75) is 85.5 Å². The number of pyridine rings is 1. The molecule has 9 aromatic rings. The summed E-state index contributed by atoms with van der Waals surface area (Å²) in [7, 11) is 0. The molecule has 7 aromatic carbocycles. The van der Waals surface area contributed by atoms with Crippen molar-refractivity contribution in [3.8, 4) is 78.6 Å². The zero-order valence-corrected chi connectivity index (χ0v) is 41.6. The maximum absolute atomic E-state index is 12.3. The summed E-state index contributed by atoms with van der Waals surface area (Å²) < 4.78 is 11.8. The quantitative estimate of drug-likeness (QED) is 0.139. The molecule has 2 heterocycles. The second-order valence-electron chi connectivity index (χ2n) is 19.1. The molecule has 9 rings (SSSR count). The first kappa shape index (κ1) is 44.8. The van der Waals surface area contributed by atoms with E-state index in [1.54, 1.807) is 0 Å². The number of hydrogen-bond donors (Lipinski definition) is 1. The van der Waals surface area contributed by atoms with Gasteiger partial charge in [-0.1, -0.05) is 194 Å². The number of rotatable bonds is 10. The number of aromatic nitrogens is 3. The molecule has 0 bridgehead atoms. The average molecular weight is 1050 g/mol. The van der Waals surface area contributed by atoms with E-state index in [-0.39, 0.29) is 44.1 Å². The number of phenols is 1. The van der Waals surface area contributed by atoms with Crippen LogP contribution in [0.5, 0.6) is 5.75 Å². The van der Waals surface area contributed by atoms with Crippen molar-refractivity contribution < 1.29 is 27.5 Å². The number of para-hydroxylation sites is 1. The summed E-state index contributed by atoms with van der Waals surface area (Å²) in [6.07, 6.45) is 1.87. The Bertz CT molecular complexity index is 3230. The van der Waals surface area contributed by atoms with E-state index in [1.807, 2.05) is 38.2 Å². The van der Waals surface area contributed by atoms with E-state index in [2.05, 4.69) is 199 Å². The standard InChI is InChI=1S/C61H58N3O.Pt/c1-38(2)44-34-53(40(5)6)59(65)54(35-44)60-63-58-49(24-18-26-57(58)64(60)48-27-28-50(52(37-48)39(3)4)51-23-16-17-25-55(51)61(7,8)9)46-31-45(42-21-14-11-15-22-42)32-47(33-46)56-36-43(29-30-62-56)41-19-12-10-13-20-41;/h10-32,34-40,65H,1-9H3;/q-1;/i39D;. The number of phenolic OH excluding ortho intramolecular Hbond substituents is 1. The van der Waals surface area contributed by atoms with Gasteiger partial charge in [-0.15, -0.1) is 23.8 Å². The third-order valence-corrected chi connectivity index (χ3v) is 12.6. The van der Waals surface area contributed by atoms with E-state index in [0.717, 1.165) is 89.2 Å². The van der Waals surface area contributed by atoms with Crippen LogP contribution in [0.15, 0.2) is 164 Å². The van der Waals surface area contributed by atoms with Crippen LogP contribution in [0.4, 0.5) is 0 Å². The van der Waals surface area contributed by atoms with Gasteiger partial charge in [-0.2, -0.15) is 0 Å². The summed E-state index contributed by atoms with van der Waals surface area (Å²) in [5.74, 6) is 0.214. The van der Waals surface area contributed by atoms with Gasteiger partial charge in [0.15, 0.2) is 0 Å². The molecular weight excluding hydrogens is 986 g/mol. The van der Waals surface area contributed by atoms with Gasteiger partial charge in [0.1, 0.15) is 11.6 Å². The second-order valence-corrected chi connectivity index (χ2v) is 19.1. The fraction of sp³-hybridized carbons (Fsp3) is 0.213. The predicted molar refractivity (Wildman–Crippen MR) is 273 cm³/mol. The molecule has 0 saturated carbocycles. The smallest absolute Gasteiger partial charge is 0.148 e. The van der Waals surface area contributed by atoms with E-state index >= 15 is 0 Å². The van der Waals surface area contributed by atoms with Crippen molar-refractivity contribution in [2.75, 3.05) is 0 Å². The first-order valence-corrected chi connectivity index (χ1v) is 22.8. The van der Waals surface area contributed by atoms with Gasteiger partial charge < -0.3 is 5.11 Å². The maximum atomic E-state index is 12.3. The van der Waals surface area contributed by atoms with E-state index < -0.39 is 5.89 Å². The van der Waals surface area contributed by atoms with E-state index in [4.69, 9.17) is 9.97 Å². The Kier molecular flexibility index (Phi) is 12.8. The molecule has 4 nitrogen and oxygen atoms in total. The van der Waals surface area contributed by atoms with Crippen molar-refractivity contribution in [2.24, 2.45) is 0 Å². The van der Waals surface area contributed by atoms with Crippen LogP contribution in [0.2, 0.25) is 0 Å². The molecule has 66 heavy (non-hydrogen) atoms. The molecule has 5 heteroatoms. The van der Waals surface area contributed by atoms with Gasteiger partial charge >= 0.3 is 0 Å². The average Bonchev–Trinajstić information content (AvgIpc) is 3.71. The van der Waals surface area contributed by atoms with Crippen molar-refractivity contribution in [1.82, 2.24) is 14.5 Å². The van der Waals surface area contributed by atoms with Crippen molar-refractivity contribution in [3.05, 3.63) is 192 Å². The minimum Gasteiger partial charge on any atom is -0.507 e. The van der Waals surface area contributed by atoms with Crippen molar-refractivity contribution in [1.29, 1.82) is 0 Å². The molecule has 0 aliphatic heterocycles. The van der Waals surface area contributed by atoms with Gasteiger partial charge in [0.05, 0.1) is 16.6 Å². The SMILES string of the molecule is [2H]C(C)(C)c1cc(-n2c(-c3cc(C(C)C)cc(C(C)C)c3O)nc3c(-c4[c-]c(-c5cc(-c6ccccc6)ccn5)cc(-c5ccccc5)c4)cccc32)ccc1-c1ccccc1C(C)(C)C.[Pt]. The number of nitrogens with zero attached hydrogens (tertiary/aromatic N) is 3. The summed E-state index contributed by atoms with van der Waals surface area (Å²) in [6.45, 7) is 19.3. The minimum atomic E-state index is -0.947. The Hall–Kier alpha value is -6.35. The molecule has 0 saturated heterocycles. The van der Waals surface area contributed by atoms with E-state index in [9.17, 15) is 6.48 Å². The molecule has 0 radical (unpaired) electrons. The zero-order valence-electron chi connectivity index (χ0n) is 40.3. The van der Waals surface area contributed by atoms with Crippen LogP contribution >= 0.6 is 0 Å². The largest absolute Gasteiger partial charge is 0.507 e. The first-order chi connectivity index (χ1) is 31.6. The van der Waals surface area contributed by atoms with Gasteiger partial charge in [0.2, 0.25) is 0 Å². The number of hydrogen-bond acceptors (Lipinski definition) is 3. The second kappa shape index (κ2) is 18.9. The number of imidazole rings is 1. The van der Waals surface area contributed by atoms with Gasteiger partial charge in [-0.3, -0.25) is 9.55 Å². The van der Waals surface area contributed by atoms with Crippen LogP contribution in [0.1, 0.15) is 104 Å². The van der Waals surface area contributed by atoms with Gasteiger partial charge in [0.25, 0.3) is 0 Å². The monoisotopic (exact) mass is 1040 g/mol. The first-order valence-electron chi connectivity index (χ1n) is 23.3. The molecular formula is C61H58N3OPt-. The molecule has 0 spiro atoms. The normalized spacial score (nSPS) is 12.1. The Balaban J connectivity index is 0.00000608. The van der Waals surface area contributed by atoms with Crippen molar-refractivity contribution >= 4 is 11.0 Å². The Morgan fingerprint density at radius 1 is 0.576 bits per heavy atom. The van der Waals surface area contributed by atoms with Crippen LogP contribution in [0, 0.1) is 6.07 Å². The Labute approximate surface area is 407 Å². The zero-order chi connectivity index (χ0) is 46.5. The molecule has 0 aliphatic carbocycles. The van der Waals surface area contributed by atoms with Crippen LogP contribution in [0.25, 0.3) is 83.9 Å². The van der Waals surface area contributed by atoms with Gasteiger partial charge in [-0.05, 0) is 104 Å². The van der Waals surface area contributed by atoms with Crippen LogP contribution in [0.3, 0.4) is 0 Å². The topological polar surface area (TPSA) is 50.9 Å². The molecule has 2 aromatic heterocycles. The number of benzene rings is 7. The molecule has 0 unspecified atom stereocenters. The van der Waals surface area contributed by atoms with Crippen LogP contribution < -0.4 is 0 Å². The molecule has 0 aliphatic rings. The molecule has 1 N–H and O–H groups in total. The third-order valence-electron chi connectivity index (χ3n) is 12.6. The minimum absolute atomic E-state index is 0. The van der Waals surface area contributed by atoms with Crippen LogP contribution in [-0.2, 0) is 26.5 Å². The summed E-state index contributed by atoms with van der Waals surface area (Å²) in [4.78, 5) is 10.5. The van der Waals surface area contributed by atoms with Gasteiger partial charge in [-0.25, -0.2) is 4.98 Å². The summed E-state index contributed by atoms with van der Waals surface area (Å²) >= 11 is 0. The Morgan fingerprint density at radius 2 is 1.23 bits per heavy atom. The third kappa shape index (κ3) is 8.97. The van der Waals surface area contributed by atoms with Crippen molar-refractivity contribution in [3.63, 3.8) is 0 Å². The predicted octanol–water partition coefficient (Wildman–Crippen LogP) is 16.6. The molecule has 334 valence electrons. The summed E-state index contributed by atoms with van der Waals surface area (Å²) in [5, 5.41) is 12.3. The summed E-state index contributed by atoms with van der Waals surface area (Å²) in [6, 6.07) is 58.8. The van der Waals surface area contributed by atoms with E-state index in [1.165, 1.54) is 5.56 Å². The maximum Gasteiger partial charge on any atom is 0.148 e. The van der Waals surface area contributed by atoms with Gasteiger partial charge in [0, 0.05) is 40.0 Å². The summed E-state index contributed by atoms with van der Waals surface area (Å²) in [5.41, 5.74) is 17.2. The van der Waals surface area contributed by atoms with Crippen LogP contribution in [-0.4, -0.2) is 19.6 Å². The van der Waals surface area contributed by atoms with E-state index in [0.29, 0.717) is 11.4 Å². The molecule has 0 fully saturated rings. The fourth-order valence-electron chi connectivity index (χ4n) is 9.11.